The van der Waals surface area contributed by atoms with Crippen molar-refractivity contribution in [1.29, 1.82) is 0 Å². The lowest BCUT2D eigenvalue weighted by Gasteiger charge is -2.10. The van der Waals surface area contributed by atoms with Gasteiger partial charge < -0.3 is 5.11 Å². The van der Waals surface area contributed by atoms with Crippen molar-refractivity contribution in [2.45, 2.75) is 31.6 Å². The highest BCUT2D eigenvalue weighted by Gasteiger charge is 2.19. The molecule has 0 unspecified atom stereocenters. The summed E-state index contributed by atoms with van der Waals surface area (Å²) in [5.74, 6) is 0. The lowest BCUT2D eigenvalue weighted by molar-refractivity contribution is 0.285. The summed E-state index contributed by atoms with van der Waals surface area (Å²) in [6.45, 7) is 5.46. The van der Waals surface area contributed by atoms with E-state index in [2.05, 4.69) is 20.7 Å². The Morgan fingerprint density at radius 1 is 1.14 bits per heavy atom. The number of thiophene rings is 1. The highest BCUT2D eigenvalue weighted by Crippen LogP contribution is 2.30. The number of aliphatic hydroxyl groups is 1. The molecule has 1 aromatic heterocycles. The fourth-order valence-corrected chi connectivity index (χ4v) is 4.71. The molecule has 114 valence electrons. The number of hydrogen-bond donors (Lipinski definition) is 2. The number of aryl methyl sites for hydroxylation is 3. The molecule has 1 heterocycles. The molecular weight excluding hydrogens is 374 g/mol. The summed E-state index contributed by atoms with van der Waals surface area (Å²) in [6, 6.07) is 5.14. The van der Waals surface area contributed by atoms with Crippen LogP contribution in [0.1, 0.15) is 21.6 Å². The molecule has 0 aliphatic carbocycles. The van der Waals surface area contributed by atoms with Gasteiger partial charge in [0.2, 0.25) is 0 Å². The Hall–Kier alpha value is -0.890. The van der Waals surface area contributed by atoms with Gasteiger partial charge in [-0.3, -0.25) is 4.72 Å². The Kier molecular flexibility index (Phi) is 4.77. The zero-order valence-electron chi connectivity index (χ0n) is 11.9. The number of nitrogens with one attached hydrogen (secondary N) is 1. The average Bonchev–Trinajstić information content (AvgIpc) is 2.77. The van der Waals surface area contributed by atoms with E-state index >= 15 is 0 Å². The van der Waals surface area contributed by atoms with E-state index in [1.807, 2.05) is 13.8 Å². The maximum atomic E-state index is 12.4. The molecule has 0 amide bonds. The normalized spacial score (nSPS) is 11.7. The van der Waals surface area contributed by atoms with Crippen molar-refractivity contribution in [2.24, 2.45) is 0 Å². The predicted molar refractivity (Wildman–Crippen MR) is 89.4 cm³/mol. The van der Waals surface area contributed by atoms with Gasteiger partial charge in [-0.15, -0.1) is 11.3 Å². The molecule has 4 nitrogen and oxygen atoms in total. The molecule has 0 saturated heterocycles. The molecule has 0 bridgehead atoms. The van der Waals surface area contributed by atoms with Crippen LogP contribution in [0.15, 0.2) is 26.9 Å². The zero-order valence-corrected chi connectivity index (χ0v) is 15.1. The molecule has 1 aromatic carbocycles. The third-order valence-corrected chi connectivity index (χ3v) is 7.42. The van der Waals surface area contributed by atoms with Crippen molar-refractivity contribution in [1.82, 2.24) is 0 Å². The minimum absolute atomic E-state index is 0.150. The number of hydrogen-bond acceptors (Lipinski definition) is 4. The van der Waals surface area contributed by atoms with Crippen LogP contribution in [-0.2, 0) is 16.6 Å². The first-order valence-electron chi connectivity index (χ1n) is 6.24. The Morgan fingerprint density at radius 2 is 1.71 bits per heavy atom. The summed E-state index contributed by atoms with van der Waals surface area (Å²) in [7, 11) is -3.63. The largest absolute Gasteiger partial charge is 0.391 e. The van der Waals surface area contributed by atoms with Gasteiger partial charge >= 0.3 is 0 Å². The van der Waals surface area contributed by atoms with E-state index in [-0.39, 0.29) is 10.8 Å². The first-order chi connectivity index (χ1) is 9.74. The van der Waals surface area contributed by atoms with Crippen LogP contribution in [0.3, 0.4) is 0 Å². The van der Waals surface area contributed by atoms with Crippen molar-refractivity contribution < 1.29 is 13.5 Å². The van der Waals surface area contributed by atoms with Crippen LogP contribution in [0.4, 0.5) is 5.69 Å². The summed E-state index contributed by atoms with van der Waals surface area (Å²) in [4.78, 5) is 0.665. The van der Waals surface area contributed by atoms with Gasteiger partial charge in [0.25, 0.3) is 10.0 Å². The summed E-state index contributed by atoms with van der Waals surface area (Å²) in [6.07, 6.45) is 0. The van der Waals surface area contributed by atoms with E-state index in [4.69, 9.17) is 0 Å². The maximum absolute atomic E-state index is 12.4. The number of aliphatic hydroxyl groups excluding tert-OH is 1. The molecule has 21 heavy (non-hydrogen) atoms. The summed E-state index contributed by atoms with van der Waals surface area (Å²) in [5.41, 5.74) is 3.24. The second-order valence-corrected chi connectivity index (χ2v) is 8.70. The molecule has 0 radical (unpaired) electrons. The quantitative estimate of drug-likeness (QED) is 0.836. The molecule has 0 aliphatic heterocycles. The van der Waals surface area contributed by atoms with E-state index in [9.17, 15) is 13.5 Å². The number of anilines is 1. The average molecular weight is 390 g/mol. The minimum Gasteiger partial charge on any atom is -0.391 e. The van der Waals surface area contributed by atoms with E-state index in [0.717, 1.165) is 32.5 Å². The molecular formula is C14H16BrNO3S2. The van der Waals surface area contributed by atoms with Crippen molar-refractivity contribution in [2.75, 3.05) is 4.72 Å². The van der Waals surface area contributed by atoms with E-state index in [1.165, 1.54) is 0 Å². The van der Waals surface area contributed by atoms with Crippen LogP contribution < -0.4 is 4.72 Å². The molecule has 2 rings (SSSR count). The lowest BCUT2D eigenvalue weighted by Crippen LogP contribution is -2.11. The van der Waals surface area contributed by atoms with Gasteiger partial charge in [0.15, 0.2) is 0 Å². The van der Waals surface area contributed by atoms with Crippen molar-refractivity contribution >= 4 is 43.0 Å². The van der Waals surface area contributed by atoms with Crippen LogP contribution in [0.5, 0.6) is 0 Å². The molecule has 0 saturated carbocycles. The topological polar surface area (TPSA) is 66.4 Å². The monoisotopic (exact) mass is 389 g/mol. The van der Waals surface area contributed by atoms with Gasteiger partial charge in [-0.2, -0.15) is 0 Å². The number of rotatable bonds is 4. The number of sulfonamides is 1. The Morgan fingerprint density at radius 3 is 2.19 bits per heavy atom. The fraction of sp³-hybridized carbons (Fsp3) is 0.286. The van der Waals surface area contributed by atoms with Gasteiger partial charge in [0, 0.05) is 15.0 Å². The third-order valence-electron chi connectivity index (χ3n) is 3.10. The van der Waals surface area contributed by atoms with E-state index in [0.29, 0.717) is 10.6 Å². The minimum atomic E-state index is -3.63. The van der Waals surface area contributed by atoms with Gasteiger partial charge in [-0.25, -0.2) is 8.42 Å². The molecule has 0 aliphatic rings. The second-order valence-electron chi connectivity index (χ2n) is 4.86. The Bertz CT molecular complexity index is 759. The first kappa shape index (κ1) is 16.5. The van der Waals surface area contributed by atoms with Crippen LogP contribution in [0.25, 0.3) is 0 Å². The van der Waals surface area contributed by atoms with Crippen LogP contribution in [-0.4, -0.2) is 13.5 Å². The van der Waals surface area contributed by atoms with Crippen molar-refractivity contribution in [3.63, 3.8) is 0 Å². The number of halogens is 1. The smallest absolute Gasteiger partial charge is 0.271 e. The summed E-state index contributed by atoms with van der Waals surface area (Å²) < 4.78 is 28.6. The second kappa shape index (κ2) is 6.08. The zero-order chi connectivity index (χ0) is 15.8. The molecule has 7 heteroatoms. The van der Waals surface area contributed by atoms with Crippen LogP contribution in [0.2, 0.25) is 0 Å². The predicted octanol–water partition coefficient (Wildman–Crippen LogP) is 3.73. The maximum Gasteiger partial charge on any atom is 0.271 e. The third kappa shape index (κ3) is 3.48. The van der Waals surface area contributed by atoms with Crippen LogP contribution in [0, 0.1) is 20.8 Å². The lowest BCUT2D eigenvalue weighted by atomic mass is 10.1. The van der Waals surface area contributed by atoms with E-state index < -0.39 is 10.0 Å². The van der Waals surface area contributed by atoms with Gasteiger partial charge in [0.05, 0.1) is 6.61 Å². The van der Waals surface area contributed by atoms with E-state index in [1.54, 1.807) is 25.1 Å². The molecule has 0 atom stereocenters. The molecule has 0 spiro atoms. The highest BCUT2D eigenvalue weighted by molar-refractivity contribution is 9.10. The van der Waals surface area contributed by atoms with Gasteiger partial charge in [0.1, 0.15) is 4.21 Å². The number of benzene rings is 1. The van der Waals surface area contributed by atoms with Crippen molar-refractivity contribution in [3.05, 3.63) is 44.2 Å². The summed E-state index contributed by atoms with van der Waals surface area (Å²) >= 11 is 4.54. The Labute approximate surface area is 137 Å². The molecule has 2 N–H and O–H groups in total. The molecule has 2 aromatic rings. The first-order valence-corrected chi connectivity index (χ1v) is 9.33. The standard InChI is InChI=1S/C14H16BrNO3S2/c1-8-6-13(20-12(8)7-17)21(18,19)16-11-4-9(2)14(15)10(3)5-11/h4-6,16-17H,7H2,1-3H3. The Balaban J connectivity index is 2.37. The van der Waals surface area contributed by atoms with Gasteiger partial charge in [-0.05, 0) is 55.7 Å². The van der Waals surface area contributed by atoms with Crippen LogP contribution >= 0.6 is 27.3 Å². The van der Waals surface area contributed by atoms with Gasteiger partial charge in [-0.1, -0.05) is 15.9 Å². The van der Waals surface area contributed by atoms with Crippen molar-refractivity contribution in [3.8, 4) is 0 Å². The SMILES string of the molecule is Cc1cc(S(=O)(=O)Nc2cc(C)c(Br)c(C)c2)sc1CO. The summed E-state index contributed by atoms with van der Waals surface area (Å²) in [5, 5.41) is 9.18. The highest BCUT2D eigenvalue weighted by atomic mass is 79.9. The fourth-order valence-electron chi connectivity index (χ4n) is 1.99. The molecule has 0 fully saturated rings.